The Morgan fingerprint density at radius 3 is 2.39 bits per heavy atom. The van der Waals surface area contributed by atoms with E-state index in [0.717, 1.165) is 21.8 Å². The summed E-state index contributed by atoms with van der Waals surface area (Å²) in [5.41, 5.74) is 2.33. The molecular weight excluding hydrogens is 376 g/mol. The molecule has 0 bridgehead atoms. The number of anilines is 1. The maximum absolute atomic E-state index is 12.6. The highest BCUT2D eigenvalue weighted by molar-refractivity contribution is 7.92. The number of aromatic nitrogens is 2. The molecule has 0 saturated heterocycles. The van der Waals surface area contributed by atoms with E-state index in [1.165, 1.54) is 0 Å². The van der Waals surface area contributed by atoms with E-state index in [1.54, 1.807) is 49.8 Å². The van der Waals surface area contributed by atoms with Crippen LogP contribution in [-0.2, 0) is 21.4 Å². The van der Waals surface area contributed by atoms with Gasteiger partial charge in [0.25, 0.3) is 0 Å². The summed E-state index contributed by atoms with van der Waals surface area (Å²) < 4.78 is 27.5. The van der Waals surface area contributed by atoms with Crippen molar-refractivity contribution in [2.24, 2.45) is 0 Å². The number of benzene rings is 2. The number of carbonyl (C=O) groups excluding carboxylic acids is 1. The summed E-state index contributed by atoms with van der Waals surface area (Å²) in [4.78, 5) is 16.6. The fourth-order valence-corrected chi connectivity index (χ4v) is 4.09. The average molecular weight is 398 g/mol. The first kappa shape index (κ1) is 19.6. The van der Waals surface area contributed by atoms with Gasteiger partial charge in [0.1, 0.15) is 6.04 Å². The van der Waals surface area contributed by atoms with Gasteiger partial charge in [-0.25, -0.2) is 13.4 Å². The molecule has 3 rings (SSSR count). The Morgan fingerprint density at radius 1 is 1.14 bits per heavy atom. The molecule has 0 saturated carbocycles. The van der Waals surface area contributed by atoms with Crippen LogP contribution in [0.15, 0.2) is 73.3 Å². The van der Waals surface area contributed by atoms with Crippen molar-refractivity contribution in [2.75, 3.05) is 10.6 Å². The molecule has 1 N–H and O–H groups in total. The molecule has 2 aromatic carbocycles. The second kappa shape index (κ2) is 8.26. The smallest absolute Gasteiger partial charge is 0.243 e. The van der Waals surface area contributed by atoms with E-state index in [0.29, 0.717) is 12.2 Å². The van der Waals surface area contributed by atoms with Crippen LogP contribution in [0.4, 0.5) is 5.69 Å². The Bertz CT molecular complexity index is 1020. The van der Waals surface area contributed by atoms with E-state index in [9.17, 15) is 13.2 Å². The lowest BCUT2D eigenvalue weighted by Gasteiger charge is -2.28. The molecule has 146 valence electrons. The monoisotopic (exact) mass is 398 g/mol. The van der Waals surface area contributed by atoms with Crippen molar-refractivity contribution in [1.29, 1.82) is 0 Å². The van der Waals surface area contributed by atoms with Crippen molar-refractivity contribution in [3.8, 4) is 5.69 Å². The summed E-state index contributed by atoms with van der Waals surface area (Å²) in [5.74, 6) is -0.368. The average Bonchev–Trinajstić information content (AvgIpc) is 3.21. The van der Waals surface area contributed by atoms with E-state index >= 15 is 0 Å². The topological polar surface area (TPSA) is 84.3 Å². The van der Waals surface area contributed by atoms with Crippen LogP contribution in [-0.4, -0.2) is 36.2 Å². The zero-order valence-corrected chi connectivity index (χ0v) is 16.5. The molecule has 28 heavy (non-hydrogen) atoms. The molecule has 1 amide bonds. The van der Waals surface area contributed by atoms with Gasteiger partial charge in [0, 0.05) is 24.6 Å². The van der Waals surface area contributed by atoms with Gasteiger partial charge in [0.15, 0.2) is 0 Å². The van der Waals surface area contributed by atoms with Crippen LogP contribution < -0.4 is 9.62 Å². The molecule has 0 unspecified atom stereocenters. The minimum Gasteiger partial charge on any atom is -0.350 e. The first-order valence-corrected chi connectivity index (χ1v) is 10.6. The largest absolute Gasteiger partial charge is 0.350 e. The van der Waals surface area contributed by atoms with E-state index in [2.05, 4.69) is 10.3 Å². The van der Waals surface area contributed by atoms with Crippen molar-refractivity contribution in [3.05, 3.63) is 78.9 Å². The van der Waals surface area contributed by atoms with Gasteiger partial charge in [-0.15, -0.1) is 0 Å². The molecule has 7 nitrogen and oxygen atoms in total. The highest BCUT2D eigenvalue weighted by Gasteiger charge is 2.28. The first-order valence-electron chi connectivity index (χ1n) is 8.76. The predicted octanol–water partition coefficient (Wildman–Crippen LogP) is 2.34. The third-order valence-electron chi connectivity index (χ3n) is 4.30. The molecule has 8 heteroatoms. The number of carbonyl (C=O) groups is 1. The fourth-order valence-electron chi connectivity index (χ4n) is 2.92. The van der Waals surface area contributed by atoms with Gasteiger partial charge in [-0.1, -0.05) is 30.3 Å². The van der Waals surface area contributed by atoms with Crippen LogP contribution in [0, 0.1) is 0 Å². The number of sulfonamides is 1. The first-order chi connectivity index (χ1) is 13.4. The Labute approximate surface area is 164 Å². The molecule has 3 aromatic rings. The predicted molar refractivity (Wildman–Crippen MR) is 109 cm³/mol. The lowest BCUT2D eigenvalue weighted by atomic mass is 10.2. The molecule has 0 radical (unpaired) electrons. The zero-order valence-electron chi connectivity index (χ0n) is 15.7. The van der Waals surface area contributed by atoms with Gasteiger partial charge < -0.3 is 9.88 Å². The van der Waals surface area contributed by atoms with Gasteiger partial charge >= 0.3 is 0 Å². The van der Waals surface area contributed by atoms with Crippen LogP contribution in [0.25, 0.3) is 5.69 Å². The number of para-hydroxylation sites is 1. The van der Waals surface area contributed by atoms with E-state index < -0.39 is 16.1 Å². The number of nitrogens with one attached hydrogen (secondary N) is 1. The Hall–Kier alpha value is -3.13. The van der Waals surface area contributed by atoms with Gasteiger partial charge in [0.05, 0.1) is 18.3 Å². The molecule has 1 aromatic heterocycles. The number of imidazole rings is 1. The normalized spacial score (nSPS) is 12.4. The van der Waals surface area contributed by atoms with Gasteiger partial charge in [-0.3, -0.25) is 9.10 Å². The van der Waals surface area contributed by atoms with Gasteiger partial charge in [-0.05, 0) is 36.8 Å². The Morgan fingerprint density at radius 2 is 1.82 bits per heavy atom. The fraction of sp³-hybridized carbons (Fsp3) is 0.200. The summed E-state index contributed by atoms with van der Waals surface area (Å²) in [7, 11) is -3.61. The lowest BCUT2D eigenvalue weighted by molar-refractivity contribution is -0.122. The Balaban J connectivity index is 1.68. The van der Waals surface area contributed by atoms with Crippen LogP contribution in [0.5, 0.6) is 0 Å². The van der Waals surface area contributed by atoms with E-state index in [-0.39, 0.29) is 5.91 Å². The van der Waals surface area contributed by atoms with Crippen molar-refractivity contribution in [3.63, 3.8) is 0 Å². The maximum atomic E-state index is 12.6. The number of amides is 1. The number of rotatable bonds is 7. The summed E-state index contributed by atoms with van der Waals surface area (Å²) in [6, 6.07) is 15.4. The second-order valence-electron chi connectivity index (χ2n) is 6.42. The maximum Gasteiger partial charge on any atom is 0.243 e. The molecule has 1 atom stereocenters. The van der Waals surface area contributed by atoms with Crippen molar-refractivity contribution in [2.45, 2.75) is 19.5 Å². The third-order valence-corrected chi connectivity index (χ3v) is 5.55. The number of hydrogen-bond donors (Lipinski definition) is 1. The van der Waals surface area contributed by atoms with Crippen LogP contribution in [0.2, 0.25) is 0 Å². The SMILES string of the molecule is C[C@@H](C(=O)NCc1ccc(-n2ccnc2)cc1)N(c1ccccc1)S(C)(=O)=O. The minimum atomic E-state index is -3.61. The zero-order chi connectivity index (χ0) is 20.1. The summed E-state index contributed by atoms with van der Waals surface area (Å²) >= 11 is 0. The van der Waals surface area contributed by atoms with Gasteiger partial charge in [-0.2, -0.15) is 0 Å². The van der Waals surface area contributed by atoms with Gasteiger partial charge in [0.2, 0.25) is 15.9 Å². The van der Waals surface area contributed by atoms with Crippen LogP contribution in [0.1, 0.15) is 12.5 Å². The lowest BCUT2D eigenvalue weighted by Crippen LogP contribution is -2.47. The molecule has 0 aliphatic rings. The van der Waals surface area contributed by atoms with E-state index in [4.69, 9.17) is 0 Å². The standard InChI is InChI=1S/C20H22N4O3S/c1-16(24(28(2,26)27)19-6-4-3-5-7-19)20(25)22-14-17-8-10-18(11-9-17)23-13-12-21-15-23/h3-13,15-16H,14H2,1-2H3,(H,22,25)/t16-/m0/s1. The van der Waals surface area contributed by atoms with Crippen molar-refractivity contribution >= 4 is 21.6 Å². The summed E-state index contributed by atoms with van der Waals surface area (Å²) in [6.07, 6.45) is 6.36. The Kier molecular flexibility index (Phi) is 5.79. The van der Waals surface area contributed by atoms with Crippen molar-refractivity contribution in [1.82, 2.24) is 14.9 Å². The second-order valence-corrected chi connectivity index (χ2v) is 8.28. The highest BCUT2D eigenvalue weighted by Crippen LogP contribution is 2.20. The summed E-state index contributed by atoms with van der Waals surface area (Å²) in [6.45, 7) is 1.88. The van der Waals surface area contributed by atoms with Crippen LogP contribution in [0.3, 0.4) is 0 Å². The van der Waals surface area contributed by atoms with Crippen LogP contribution >= 0.6 is 0 Å². The van der Waals surface area contributed by atoms with E-state index in [1.807, 2.05) is 35.0 Å². The minimum absolute atomic E-state index is 0.305. The number of nitrogens with zero attached hydrogens (tertiary/aromatic N) is 3. The molecular formula is C20H22N4O3S. The number of hydrogen-bond acceptors (Lipinski definition) is 4. The molecule has 0 aliphatic heterocycles. The van der Waals surface area contributed by atoms with Crippen molar-refractivity contribution < 1.29 is 13.2 Å². The molecule has 1 heterocycles. The molecule has 0 fully saturated rings. The molecule has 0 aliphatic carbocycles. The molecule has 0 spiro atoms. The quantitative estimate of drug-likeness (QED) is 0.662. The highest BCUT2D eigenvalue weighted by atomic mass is 32.2. The summed E-state index contributed by atoms with van der Waals surface area (Å²) in [5, 5.41) is 2.81. The third kappa shape index (κ3) is 4.58.